The highest BCUT2D eigenvalue weighted by Crippen LogP contribution is 2.17. The van der Waals surface area contributed by atoms with Crippen LogP contribution in [0.15, 0.2) is 66.9 Å². The molecule has 3 aromatic rings. The summed E-state index contributed by atoms with van der Waals surface area (Å²) in [6, 6.07) is 19.7. The highest BCUT2D eigenvalue weighted by Gasteiger charge is 2.12. The number of nitro groups is 1. The molecule has 1 aromatic heterocycles. The number of nitrogens with zero attached hydrogens (tertiary/aromatic N) is 3. The van der Waals surface area contributed by atoms with Gasteiger partial charge in [0.1, 0.15) is 0 Å². The lowest BCUT2D eigenvalue weighted by Gasteiger charge is -2.23. The summed E-state index contributed by atoms with van der Waals surface area (Å²) in [6.07, 6.45) is 3.05. The van der Waals surface area contributed by atoms with Gasteiger partial charge in [-0.15, -0.1) is 0 Å². The molecule has 3 rings (SSSR count). The molecule has 158 valence electrons. The summed E-state index contributed by atoms with van der Waals surface area (Å²) in [5.74, 6) is 0. The van der Waals surface area contributed by atoms with E-state index in [1.165, 1.54) is 16.8 Å². The molecule has 6 heteroatoms. The maximum atomic E-state index is 10.9. The topological polar surface area (TPSA) is 60.5 Å². The molecule has 1 heterocycles. The van der Waals surface area contributed by atoms with Gasteiger partial charge >= 0.3 is 0 Å². The predicted molar refractivity (Wildman–Crippen MR) is 118 cm³/mol. The van der Waals surface area contributed by atoms with E-state index in [-0.39, 0.29) is 10.6 Å². The summed E-state index contributed by atoms with van der Waals surface area (Å²) < 4.78 is 7.51. The quantitative estimate of drug-likeness (QED) is 0.260. The number of nitro benzene ring substituents is 1. The van der Waals surface area contributed by atoms with Crippen LogP contribution in [0, 0.1) is 17.0 Å². The summed E-state index contributed by atoms with van der Waals surface area (Å²) in [5.41, 5.74) is 4.98. The fraction of sp³-hybridized carbons (Fsp3) is 0.333. The highest BCUT2D eigenvalue weighted by molar-refractivity contribution is 5.33. The zero-order valence-corrected chi connectivity index (χ0v) is 17.7. The Balaban J connectivity index is 1.71. The van der Waals surface area contributed by atoms with Crippen LogP contribution in [0.3, 0.4) is 0 Å². The Bertz CT molecular complexity index is 950. The first-order valence-electron chi connectivity index (χ1n) is 10.2. The fourth-order valence-electron chi connectivity index (χ4n) is 3.61. The van der Waals surface area contributed by atoms with Gasteiger partial charge in [0.05, 0.1) is 4.92 Å². The summed E-state index contributed by atoms with van der Waals surface area (Å²) in [6.45, 7) is 6.09. The van der Waals surface area contributed by atoms with Gasteiger partial charge < -0.3 is 9.30 Å². The zero-order valence-electron chi connectivity index (χ0n) is 17.7. The van der Waals surface area contributed by atoms with Crippen molar-refractivity contribution in [2.75, 3.05) is 20.3 Å². The number of rotatable bonds is 11. The van der Waals surface area contributed by atoms with Crippen molar-refractivity contribution in [3.05, 3.63) is 99.4 Å². The van der Waals surface area contributed by atoms with Crippen LogP contribution in [0.5, 0.6) is 0 Å². The second-order valence-corrected chi connectivity index (χ2v) is 7.60. The molecule has 0 unspecified atom stereocenters. The van der Waals surface area contributed by atoms with Crippen LogP contribution >= 0.6 is 0 Å². The molecule has 0 atom stereocenters. The molecule has 0 spiro atoms. The van der Waals surface area contributed by atoms with Gasteiger partial charge in [-0.25, -0.2) is 0 Å². The van der Waals surface area contributed by atoms with E-state index in [4.69, 9.17) is 4.74 Å². The molecule has 2 aromatic carbocycles. The second-order valence-electron chi connectivity index (χ2n) is 7.60. The third-order valence-corrected chi connectivity index (χ3v) is 5.12. The third kappa shape index (κ3) is 6.27. The average Bonchev–Trinajstić information content (AvgIpc) is 3.15. The zero-order chi connectivity index (χ0) is 21.3. The minimum absolute atomic E-state index is 0.122. The number of hydrogen-bond acceptors (Lipinski definition) is 4. The van der Waals surface area contributed by atoms with Crippen LogP contribution in [-0.2, 0) is 24.4 Å². The molecule has 0 radical (unpaired) electrons. The molecule has 0 fully saturated rings. The van der Waals surface area contributed by atoms with Crippen LogP contribution in [0.25, 0.3) is 0 Å². The van der Waals surface area contributed by atoms with Crippen molar-refractivity contribution in [1.29, 1.82) is 0 Å². The van der Waals surface area contributed by atoms with Gasteiger partial charge in [-0.05, 0) is 36.6 Å². The highest BCUT2D eigenvalue weighted by atomic mass is 16.6. The molecule has 0 amide bonds. The molecule has 0 saturated carbocycles. The third-order valence-electron chi connectivity index (χ3n) is 5.12. The second kappa shape index (κ2) is 10.7. The SMILES string of the molecule is COCCCN(Cc1ccc([N+](=O)[O-])cc1)Cc1cccn1Cc1cccc(C)c1. The van der Waals surface area contributed by atoms with E-state index in [0.717, 1.165) is 38.2 Å². The molecular weight excluding hydrogens is 378 g/mol. The summed E-state index contributed by atoms with van der Waals surface area (Å²) in [4.78, 5) is 12.9. The van der Waals surface area contributed by atoms with E-state index in [1.54, 1.807) is 19.2 Å². The Morgan fingerprint density at radius 2 is 1.83 bits per heavy atom. The van der Waals surface area contributed by atoms with E-state index in [9.17, 15) is 10.1 Å². The normalized spacial score (nSPS) is 11.2. The van der Waals surface area contributed by atoms with Crippen LogP contribution in [0.2, 0.25) is 0 Å². The first-order valence-corrected chi connectivity index (χ1v) is 10.2. The van der Waals surface area contributed by atoms with E-state index in [1.807, 2.05) is 12.1 Å². The lowest BCUT2D eigenvalue weighted by molar-refractivity contribution is -0.384. The molecule has 0 saturated heterocycles. The van der Waals surface area contributed by atoms with Gasteiger partial charge in [0, 0.05) is 63.9 Å². The molecule has 30 heavy (non-hydrogen) atoms. The number of non-ortho nitro benzene ring substituents is 1. The van der Waals surface area contributed by atoms with Crippen molar-refractivity contribution in [2.24, 2.45) is 0 Å². The van der Waals surface area contributed by atoms with Crippen LogP contribution in [0.4, 0.5) is 5.69 Å². The number of aromatic nitrogens is 1. The van der Waals surface area contributed by atoms with Crippen LogP contribution in [0.1, 0.15) is 28.8 Å². The Hall–Kier alpha value is -2.96. The number of hydrogen-bond donors (Lipinski definition) is 0. The summed E-state index contributed by atoms with van der Waals surface area (Å²) >= 11 is 0. The van der Waals surface area contributed by atoms with Gasteiger partial charge in [-0.2, -0.15) is 0 Å². The lowest BCUT2D eigenvalue weighted by atomic mass is 10.1. The standard InChI is InChI=1S/C24H29N3O3/c1-20-6-3-7-22(16-20)18-26-14-4-8-24(26)19-25(13-5-15-30-2)17-21-9-11-23(12-10-21)27(28)29/h3-4,6-12,14,16H,5,13,15,17-19H2,1-2H3. The molecule has 0 N–H and O–H groups in total. The minimum atomic E-state index is -0.363. The van der Waals surface area contributed by atoms with Gasteiger partial charge in [0.15, 0.2) is 0 Å². The van der Waals surface area contributed by atoms with Crippen molar-refractivity contribution in [2.45, 2.75) is 33.0 Å². The molecular formula is C24H29N3O3. The lowest BCUT2D eigenvalue weighted by Crippen LogP contribution is -2.26. The van der Waals surface area contributed by atoms with Gasteiger partial charge in [-0.3, -0.25) is 15.0 Å². The molecule has 0 aliphatic rings. The van der Waals surface area contributed by atoms with E-state index in [0.29, 0.717) is 6.61 Å². The van der Waals surface area contributed by atoms with Crippen molar-refractivity contribution in [3.8, 4) is 0 Å². The number of aryl methyl sites for hydroxylation is 1. The van der Waals surface area contributed by atoms with E-state index < -0.39 is 0 Å². The van der Waals surface area contributed by atoms with Gasteiger partial charge in [0.25, 0.3) is 5.69 Å². The molecule has 6 nitrogen and oxygen atoms in total. The molecule has 0 bridgehead atoms. The Morgan fingerprint density at radius 3 is 2.53 bits per heavy atom. The molecule has 0 aliphatic heterocycles. The Labute approximate surface area is 177 Å². The smallest absolute Gasteiger partial charge is 0.269 e. The van der Waals surface area contributed by atoms with Crippen LogP contribution < -0.4 is 0 Å². The number of ether oxygens (including phenoxy) is 1. The van der Waals surface area contributed by atoms with E-state index >= 15 is 0 Å². The maximum absolute atomic E-state index is 10.9. The Kier molecular flexibility index (Phi) is 7.76. The first-order chi connectivity index (χ1) is 14.5. The van der Waals surface area contributed by atoms with Crippen molar-refractivity contribution < 1.29 is 9.66 Å². The maximum Gasteiger partial charge on any atom is 0.269 e. The largest absolute Gasteiger partial charge is 0.385 e. The Morgan fingerprint density at radius 1 is 1.03 bits per heavy atom. The monoisotopic (exact) mass is 407 g/mol. The fourth-order valence-corrected chi connectivity index (χ4v) is 3.61. The molecule has 0 aliphatic carbocycles. The minimum Gasteiger partial charge on any atom is -0.385 e. The van der Waals surface area contributed by atoms with Gasteiger partial charge in [0.2, 0.25) is 0 Å². The van der Waals surface area contributed by atoms with Crippen molar-refractivity contribution in [3.63, 3.8) is 0 Å². The first kappa shape index (κ1) is 21.7. The predicted octanol–water partition coefficient (Wildman–Crippen LogP) is 4.79. The summed E-state index contributed by atoms with van der Waals surface area (Å²) in [7, 11) is 1.72. The van der Waals surface area contributed by atoms with E-state index in [2.05, 4.69) is 59.0 Å². The average molecular weight is 408 g/mol. The van der Waals surface area contributed by atoms with Gasteiger partial charge in [-0.1, -0.05) is 42.0 Å². The number of benzene rings is 2. The van der Waals surface area contributed by atoms with Crippen molar-refractivity contribution >= 4 is 5.69 Å². The number of methoxy groups -OCH3 is 1. The summed E-state index contributed by atoms with van der Waals surface area (Å²) in [5, 5.41) is 10.9. The van der Waals surface area contributed by atoms with Crippen LogP contribution in [-0.4, -0.2) is 34.7 Å². The van der Waals surface area contributed by atoms with Crippen molar-refractivity contribution in [1.82, 2.24) is 9.47 Å².